The van der Waals surface area contributed by atoms with Crippen LogP contribution >= 0.6 is 0 Å². The first-order valence-electron chi connectivity index (χ1n) is 7.45. The van der Waals surface area contributed by atoms with Crippen LogP contribution in [-0.4, -0.2) is 18.2 Å². The molecule has 0 unspecified atom stereocenters. The van der Waals surface area contributed by atoms with Gasteiger partial charge in [0.2, 0.25) is 10.0 Å². The predicted octanol–water partition coefficient (Wildman–Crippen LogP) is 2.96. The van der Waals surface area contributed by atoms with E-state index in [9.17, 15) is 8.42 Å². The van der Waals surface area contributed by atoms with Crippen LogP contribution in [0.2, 0.25) is 0 Å². The predicted molar refractivity (Wildman–Crippen MR) is 94.8 cm³/mol. The smallest absolute Gasteiger partial charge is 0.234 e. The Kier molecular flexibility index (Phi) is 4.88. The maximum Gasteiger partial charge on any atom is 0.234 e. The van der Waals surface area contributed by atoms with E-state index in [-0.39, 0.29) is 6.54 Å². The average Bonchev–Trinajstić information content (AvgIpc) is 3.14. The quantitative estimate of drug-likeness (QED) is 0.751. The summed E-state index contributed by atoms with van der Waals surface area (Å²) in [5.41, 5.74) is 2.52. The number of para-hydroxylation sites is 1. The lowest BCUT2D eigenvalue weighted by molar-refractivity contribution is 0.590. The molecule has 3 aromatic rings. The van der Waals surface area contributed by atoms with Gasteiger partial charge in [0.25, 0.3) is 0 Å². The molecular weight excluding hydrogens is 322 g/mol. The molecule has 0 atom stereocenters. The summed E-state index contributed by atoms with van der Waals surface area (Å²) in [6.07, 6.45) is 5.08. The van der Waals surface area contributed by atoms with Crippen molar-refractivity contribution < 1.29 is 8.42 Å². The highest BCUT2D eigenvalue weighted by atomic mass is 32.2. The van der Waals surface area contributed by atoms with E-state index >= 15 is 0 Å². The van der Waals surface area contributed by atoms with Crippen molar-refractivity contribution in [1.29, 1.82) is 0 Å². The monoisotopic (exact) mass is 339 g/mol. The number of sulfonamides is 1. The first kappa shape index (κ1) is 16.2. The van der Waals surface area contributed by atoms with Crippen molar-refractivity contribution in [1.82, 2.24) is 14.5 Å². The summed E-state index contributed by atoms with van der Waals surface area (Å²) in [4.78, 5) is 0. The molecule has 1 heterocycles. The molecule has 0 spiro atoms. The number of nitrogens with zero attached hydrogens (tertiary/aromatic N) is 2. The van der Waals surface area contributed by atoms with Gasteiger partial charge >= 0.3 is 0 Å². The van der Waals surface area contributed by atoms with Crippen LogP contribution in [0.4, 0.5) is 0 Å². The largest absolute Gasteiger partial charge is 0.241 e. The minimum atomic E-state index is -3.52. The standard InChI is InChI=1S/C18H17N3O2S/c22-24(23,14-11-16-7-2-1-3-8-16)20-15-17-9-4-5-10-18(17)21-13-6-12-19-21/h1-14,20H,15H2/b14-11-. The molecule has 1 aromatic heterocycles. The summed E-state index contributed by atoms with van der Waals surface area (Å²) >= 11 is 0. The Morgan fingerprint density at radius 2 is 1.75 bits per heavy atom. The molecule has 6 heteroatoms. The number of aromatic nitrogens is 2. The zero-order valence-electron chi connectivity index (χ0n) is 12.9. The maximum atomic E-state index is 12.2. The van der Waals surface area contributed by atoms with Gasteiger partial charge in [0, 0.05) is 24.3 Å². The molecular formula is C18H17N3O2S. The zero-order chi connectivity index (χ0) is 16.8. The molecule has 24 heavy (non-hydrogen) atoms. The van der Waals surface area contributed by atoms with E-state index in [1.807, 2.05) is 66.9 Å². The van der Waals surface area contributed by atoms with Crippen LogP contribution in [0.3, 0.4) is 0 Å². The fourth-order valence-corrected chi connectivity index (χ4v) is 3.04. The molecule has 0 saturated carbocycles. The number of hydrogen-bond donors (Lipinski definition) is 1. The van der Waals surface area contributed by atoms with Crippen molar-refractivity contribution in [3.63, 3.8) is 0 Å². The minimum absolute atomic E-state index is 0.192. The molecule has 0 radical (unpaired) electrons. The molecule has 0 saturated heterocycles. The lowest BCUT2D eigenvalue weighted by Gasteiger charge is -2.09. The molecule has 3 rings (SSSR count). The van der Waals surface area contributed by atoms with Crippen LogP contribution in [0.5, 0.6) is 0 Å². The van der Waals surface area contributed by atoms with E-state index in [2.05, 4.69) is 9.82 Å². The summed E-state index contributed by atoms with van der Waals surface area (Å²) in [5, 5.41) is 5.37. The lowest BCUT2D eigenvalue weighted by atomic mass is 10.2. The van der Waals surface area contributed by atoms with E-state index < -0.39 is 10.0 Å². The summed E-state index contributed by atoms with van der Waals surface area (Å²) in [6.45, 7) is 0.192. The third-order valence-corrected chi connectivity index (χ3v) is 4.49. The van der Waals surface area contributed by atoms with Crippen molar-refractivity contribution in [3.8, 4) is 5.69 Å². The Labute approximate surface area is 141 Å². The first-order valence-corrected chi connectivity index (χ1v) is 8.99. The molecule has 0 fully saturated rings. The Morgan fingerprint density at radius 3 is 2.50 bits per heavy atom. The van der Waals surface area contributed by atoms with Gasteiger partial charge in [-0.05, 0) is 29.3 Å². The molecule has 2 aromatic carbocycles. The van der Waals surface area contributed by atoms with Gasteiger partial charge in [-0.2, -0.15) is 5.10 Å². The average molecular weight is 339 g/mol. The molecule has 5 nitrogen and oxygen atoms in total. The van der Waals surface area contributed by atoms with Gasteiger partial charge in [0.1, 0.15) is 0 Å². The molecule has 0 amide bonds. The van der Waals surface area contributed by atoms with Crippen molar-refractivity contribution in [2.45, 2.75) is 6.54 Å². The Morgan fingerprint density at radius 1 is 1.00 bits per heavy atom. The lowest BCUT2D eigenvalue weighted by Crippen LogP contribution is -2.21. The highest BCUT2D eigenvalue weighted by Gasteiger charge is 2.09. The second kappa shape index (κ2) is 7.25. The fourth-order valence-electron chi connectivity index (χ4n) is 2.25. The van der Waals surface area contributed by atoms with E-state index in [1.54, 1.807) is 17.0 Å². The van der Waals surface area contributed by atoms with E-state index in [1.165, 1.54) is 5.41 Å². The van der Waals surface area contributed by atoms with Crippen LogP contribution < -0.4 is 4.72 Å². The summed E-state index contributed by atoms with van der Waals surface area (Å²) in [6, 6.07) is 18.7. The Bertz CT molecular complexity index is 918. The molecule has 1 N–H and O–H groups in total. The van der Waals surface area contributed by atoms with E-state index in [0.717, 1.165) is 16.8 Å². The second-order valence-electron chi connectivity index (χ2n) is 5.16. The second-order valence-corrected chi connectivity index (χ2v) is 6.81. The first-order chi connectivity index (χ1) is 11.6. The Hall–Kier alpha value is -2.70. The SMILES string of the molecule is O=S(=O)(/C=C\c1ccccc1)NCc1ccccc1-n1cccn1. The van der Waals surface area contributed by atoms with Gasteiger partial charge < -0.3 is 0 Å². The third-order valence-electron chi connectivity index (χ3n) is 3.45. The van der Waals surface area contributed by atoms with Gasteiger partial charge in [-0.15, -0.1) is 0 Å². The van der Waals surface area contributed by atoms with E-state index in [4.69, 9.17) is 0 Å². The fraction of sp³-hybridized carbons (Fsp3) is 0.0556. The number of hydrogen-bond acceptors (Lipinski definition) is 3. The molecule has 0 aliphatic heterocycles. The Balaban J connectivity index is 1.73. The van der Waals surface area contributed by atoms with Crippen LogP contribution in [0.25, 0.3) is 11.8 Å². The minimum Gasteiger partial charge on any atom is -0.241 e. The highest BCUT2D eigenvalue weighted by molar-refractivity contribution is 7.92. The zero-order valence-corrected chi connectivity index (χ0v) is 13.7. The maximum absolute atomic E-state index is 12.2. The summed E-state index contributed by atoms with van der Waals surface area (Å²) < 4.78 is 28.6. The van der Waals surface area contributed by atoms with Crippen LogP contribution in [0.15, 0.2) is 78.5 Å². The molecule has 0 aliphatic carbocycles. The topological polar surface area (TPSA) is 64.0 Å². The summed E-state index contributed by atoms with van der Waals surface area (Å²) in [5.74, 6) is 0. The van der Waals surface area contributed by atoms with Crippen LogP contribution in [0.1, 0.15) is 11.1 Å². The number of nitrogens with one attached hydrogen (secondary N) is 1. The van der Waals surface area contributed by atoms with Gasteiger partial charge in [-0.3, -0.25) is 0 Å². The van der Waals surface area contributed by atoms with Gasteiger partial charge in [-0.1, -0.05) is 48.5 Å². The van der Waals surface area contributed by atoms with Gasteiger partial charge in [0.05, 0.1) is 5.69 Å². The van der Waals surface area contributed by atoms with Gasteiger partial charge in [-0.25, -0.2) is 17.8 Å². The molecule has 0 aliphatic rings. The normalized spacial score (nSPS) is 11.8. The number of benzene rings is 2. The highest BCUT2D eigenvalue weighted by Crippen LogP contribution is 2.13. The third kappa shape index (κ3) is 4.18. The molecule has 122 valence electrons. The van der Waals surface area contributed by atoms with Crippen molar-refractivity contribution in [3.05, 3.63) is 89.6 Å². The van der Waals surface area contributed by atoms with Crippen molar-refractivity contribution in [2.75, 3.05) is 0 Å². The summed E-state index contributed by atoms with van der Waals surface area (Å²) in [7, 11) is -3.52. The van der Waals surface area contributed by atoms with Crippen molar-refractivity contribution in [2.24, 2.45) is 0 Å². The van der Waals surface area contributed by atoms with Crippen LogP contribution in [0, 0.1) is 0 Å². The van der Waals surface area contributed by atoms with E-state index in [0.29, 0.717) is 0 Å². The van der Waals surface area contributed by atoms with Crippen LogP contribution in [-0.2, 0) is 16.6 Å². The molecule has 0 bridgehead atoms. The number of rotatable bonds is 6. The van der Waals surface area contributed by atoms with Crippen molar-refractivity contribution >= 4 is 16.1 Å². The van der Waals surface area contributed by atoms with Gasteiger partial charge in [0.15, 0.2) is 0 Å².